The van der Waals surface area contributed by atoms with Crippen LogP contribution in [0.15, 0.2) is 12.1 Å². The van der Waals surface area contributed by atoms with Gasteiger partial charge in [0.25, 0.3) is 0 Å². The lowest BCUT2D eigenvalue weighted by Crippen LogP contribution is -2.38. The van der Waals surface area contributed by atoms with Crippen LogP contribution in [0.2, 0.25) is 0 Å². The second kappa shape index (κ2) is 20.1. The molecule has 1 saturated heterocycles. The fourth-order valence-corrected chi connectivity index (χ4v) is 11.3. The van der Waals surface area contributed by atoms with E-state index in [9.17, 15) is 26.4 Å². The highest BCUT2D eigenvalue weighted by atomic mass is 32.2. The lowest BCUT2D eigenvalue weighted by atomic mass is 9.99. The molecule has 316 valence electrons. The maximum atomic E-state index is 12.5. The molecule has 0 unspecified atom stereocenters. The normalized spacial score (nSPS) is 17.3. The topological polar surface area (TPSA) is 166 Å². The molecule has 4 N–H and O–H groups in total. The fraction of sp³-hybridized carbons (Fsp3) is 0.667. The van der Waals surface area contributed by atoms with Gasteiger partial charge in [-0.05, 0) is 173 Å². The highest BCUT2D eigenvalue weighted by Gasteiger charge is 2.28. The van der Waals surface area contributed by atoms with Crippen molar-refractivity contribution in [2.24, 2.45) is 0 Å². The van der Waals surface area contributed by atoms with E-state index in [1.807, 2.05) is 0 Å². The maximum absolute atomic E-state index is 12.5. The Morgan fingerprint density at radius 1 is 0.614 bits per heavy atom. The first kappa shape index (κ1) is 43.3. The molecule has 0 radical (unpaired) electrons. The number of hydrogen-bond donors (Lipinski definition) is 4. The van der Waals surface area contributed by atoms with Crippen molar-refractivity contribution in [1.29, 1.82) is 0 Å². The van der Waals surface area contributed by atoms with Gasteiger partial charge < -0.3 is 20.3 Å². The van der Waals surface area contributed by atoms with Crippen LogP contribution in [0, 0.1) is 0 Å². The monoisotopic (exact) mass is 828 g/mol. The van der Waals surface area contributed by atoms with E-state index in [1.54, 1.807) is 0 Å². The number of hydrogen-bond acceptors (Lipinski definition) is 9. The third-order valence-corrected chi connectivity index (χ3v) is 14.8. The van der Waals surface area contributed by atoms with E-state index in [0.29, 0.717) is 12.8 Å². The molecule has 0 saturated carbocycles. The Bertz CT molecular complexity index is 1900. The third-order valence-electron chi connectivity index (χ3n) is 12.2. The second-order valence-electron chi connectivity index (χ2n) is 16.1. The predicted molar refractivity (Wildman–Crippen MR) is 226 cm³/mol. The SMILES string of the molecule is CCN(CC)CCCCS(=O)(=O)NC(=O)Nc1c2c(cc3c1CCC3)CCC2.O=C(Nc1c2c(cc3c1CCC3)CCC2)NS(=O)(=O)CCCCN1CCOCC1. The van der Waals surface area contributed by atoms with Crippen LogP contribution in [0.5, 0.6) is 0 Å². The molecule has 4 amide bonds. The maximum Gasteiger partial charge on any atom is 0.332 e. The van der Waals surface area contributed by atoms with Crippen LogP contribution in [0.25, 0.3) is 0 Å². The van der Waals surface area contributed by atoms with Crippen LogP contribution in [0.4, 0.5) is 21.0 Å². The Kier molecular flexibility index (Phi) is 15.3. The van der Waals surface area contributed by atoms with Crippen molar-refractivity contribution < 1.29 is 31.2 Å². The van der Waals surface area contributed by atoms with Gasteiger partial charge >= 0.3 is 12.1 Å². The van der Waals surface area contributed by atoms with Crippen LogP contribution in [0.3, 0.4) is 0 Å². The van der Waals surface area contributed by atoms with Gasteiger partial charge in [-0.3, -0.25) is 4.90 Å². The molecule has 2 aromatic carbocycles. The zero-order chi connectivity index (χ0) is 40.4. The number of rotatable bonds is 16. The number of morpholine rings is 1. The van der Waals surface area contributed by atoms with E-state index in [-0.39, 0.29) is 11.5 Å². The number of amides is 4. The quantitative estimate of drug-likeness (QED) is 0.161. The number of anilines is 2. The summed E-state index contributed by atoms with van der Waals surface area (Å²) < 4.78 is 59.0. The van der Waals surface area contributed by atoms with E-state index in [4.69, 9.17) is 4.74 Å². The smallest absolute Gasteiger partial charge is 0.332 e. The average molecular weight is 829 g/mol. The third kappa shape index (κ3) is 11.9. The molecule has 7 rings (SSSR count). The summed E-state index contributed by atoms with van der Waals surface area (Å²) in [5.41, 5.74) is 11.8. The Labute approximate surface area is 340 Å². The summed E-state index contributed by atoms with van der Waals surface area (Å²) in [4.78, 5) is 29.5. The van der Waals surface area contributed by atoms with E-state index in [2.05, 4.69) is 55.9 Å². The molecule has 15 heteroatoms. The highest BCUT2D eigenvalue weighted by Crippen LogP contribution is 2.40. The molecule has 0 aromatic heterocycles. The summed E-state index contributed by atoms with van der Waals surface area (Å²) >= 11 is 0. The van der Waals surface area contributed by atoms with Crippen LogP contribution >= 0.6 is 0 Å². The van der Waals surface area contributed by atoms with E-state index >= 15 is 0 Å². The van der Waals surface area contributed by atoms with Gasteiger partial charge in [0.05, 0.1) is 24.7 Å². The number of nitrogens with zero attached hydrogens (tertiary/aromatic N) is 2. The highest BCUT2D eigenvalue weighted by molar-refractivity contribution is 7.90. The first-order chi connectivity index (χ1) is 27.4. The molecule has 0 bridgehead atoms. The van der Waals surface area contributed by atoms with Crippen LogP contribution in [-0.4, -0.2) is 103 Å². The van der Waals surface area contributed by atoms with Crippen molar-refractivity contribution in [1.82, 2.24) is 19.2 Å². The Morgan fingerprint density at radius 3 is 1.42 bits per heavy atom. The molecule has 1 fully saturated rings. The van der Waals surface area contributed by atoms with Gasteiger partial charge in [0, 0.05) is 24.5 Å². The zero-order valence-electron chi connectivity index (χ0n) is 34.1. The van der Waals surface area contributed by atoms with E-state index in [1.165, 1.54) is 44.5 Å². The molecule has 0 atom stereocenters. The molecular formula is C42H64N6O7S2. The molecule has 1 heterocycles. The number of fused-ring (bicyclic) bond motifs is 4. The van der Waals surface area contributed by atoms with Crippen molar-refractivity contribution in [3.63, 3.8) is 0 Å². The molecule has 1 aliphatic heterocycles. The van der Waals surface area contributed by atoms with Gasteiger partial charge in [0.1, 0.15) is 0 Å². The first-order valence-electron chi connectivity index (χ1n) is 21.4. The Hall–Kier alpha value is -3.24. The van der Waals surface area contributed by atoms with Crippen LogP contribution < -0.4 is 20.1 Å². The number of carbonyl (C=O) groups is 2. The number of urea groups is 2. The minimum absolute atomic E-state index is 0.0211. The van der Waals surface area contributed by atoms with Crippen LogP contribution in [0.1, 0.15) is 110 Å². The Morgan fingerprint density at radius 2 is 1.02 bits per heavy atom. The van der Waals surface area contributed by atoms with Gasteiger partial charge in [-0.15, -0.1) is 0 Å². The minimum atomic E-state index is -3.64. The lowest BCUT2D eigenvalue weighted by molar-refractivity contribution is 0.0373. The lowest BCUT2D eigenvalue weighted by Gasteiger charge is -2.26. The van der Waals surface area contributed by atoms with Gasteiger partial charge in [-0.25, -0.2) is 35.9 Å². The average Bonchev–Trinajstić information content (AvgIpc) is 4.01. The molecule has 13 nitrogen and oxygen atoms in total. The molecule has 0 spiro atoms. The fourth-order valence-electron chi connectivity index (χ4n) is 9.22. The summed E-state index contributed by atoms with van der Waals surface area (Å²) in [6.07, 6.45) is 15.1. The second-order valence-corrected chi connectivity index (χ2v) is 19.8. The molecule has 4 aliphatic carbocycles. The van der Waals surface area contributed by atoms with Gasteiger partial charge in [-0.2, -0.15) is 0 Å². The molecule has 2 aromatic rings. The number of sulfonamides is 2. The van der Waals surface area contributed by atoms with E-state index in [0.717, 1.165) is 154 Å². The number of benzene rings is 2. The summed E-state index contributed by atoms with van der Waals surface area (Å²) in [6.45, 7) is 11.2. The molecule has 5 aliphatic rings. The number of unbranched alkanes of at least 4 members (excludes halogenated alkanes) is 2. The van der Waals surface area contributed by atoms with Crippen LogP contribution in [-0.2, 0) is 76.2 Å². The van der Waals surface area contributed by atoms with Crippen molar-refractivity contribution in [2.45, 2.75) is 117 Å². The minimum Gasteiger partial charge on any atom is -0.379 e. The van der Waals surface area contributed by atoms with Crippen molar-refractivity contribution in [3.05, 3.63) is 56.6 Å². The summed E-state index contributed by atoms with van der Waals surface area (Å²) in [7, 11) is -7.26. The van der Waals surface area contributed by atoms with Gasteiger partial charge in [0.15, 0.2) is 0 Å². The largest absolute Gasteiger partial charge is 0.379 e. The van der Waals surface area contributed by atoms with Crippen molar-refractivity contribution in [3.8, 4) is 0 Å². The number of aryl methyl sites for hydroxylation is 4. The molecule has 57 heavy (non-hydrogen) atoms. The summed E-state index contributed by atoms with van der Waals surface area (Å²) in [6, 6.07) is 3.32. The van der Waals surface area contributed by atoms with Gasteiger partial charge in [0.2, 0.25) is 20.0 Å². The standard InChI is InChI=1S/C21H31N3O4S.C21H33N3O3S/c25-21(23-29(26,27)14-2-1-9-24-10-12-28-13-11-24)22-20-18-7-3-5-16(18)15-17-6-4-8-19(17)20;1-3-24(4-2)13-5-6-14-28(26,27)23-21(25)22-20-18-11-7-9-16(18)15-17-10-8-12-19(17)20/h15H,1-14H2,(H2,22,23,25);15H,3-14H2,1-2H3,(H2,22,23,25). The summed E-state index contributed by atoms with van der Waals surface area (Å²) in [5.74, 6) is -0.0531. The zero-order valence-corrected chi connectivity index (χ0v) is 35.7. The summed E-state index contributed by atoms with van der Waals surface area (Å²) in [5, 5.41) is 5.78. The van der Waals surface area contributed by atoms with Gasteiger partial charge in [-0.1, -0.05) is 26.0 Å². The number of ether oxygens (including phenoxy) is 1. The first-order valence-corrected chi connectivity index (χ1v) is 24.7. The number of carbonyl (C=O) groups excluding carboxylic acids is 2. The van der Waals surface area contributed by atoms with E-state index < -0.39 is 32.1 Å². The number of nitrogens with one attached hydrogen (secondary N) is 4. The predicted octanol–water partition coefficient (Wildman–Crippen LogP) is 5.47. The van der Waals surface area contributed by atoms with Crippen molar-refractivity contribution in [2.75, 3.05) is 74.6 Å². The van der Waals surface area contributed by atoms with Crippen molar-refractivity contribution >= 4 is 43.5 Å². The Balaban J connectivity index is 0.000000193. The molecular weight excluding hydrogens is 765 g/mol.